The Bertz CT molecular complexity index is 729. The SMILES string of the molecule is Cc1cc(N(CCO)C2CCC2)nc(-c2ccc([N+](=O)[O-])cc2)n1. The van der Waals surface area contributed by atoms with Crippen molar-refractivity contribution < 1.29 is 10.0 Å². The molecule has 0 atom stereocenters. The zero-order valence-corrected chi connectivity index (χ0v) is 13.6. The number of non-ortho nitro benzene ring substituents is 1. The van der Waals surface area contributed by atoms with E-state index in [0.29, 0.717) is 18.4 Å². The van der Waals surface area contributed by atoms with Gasteiger partial charge in [0.15, 0.2) is 5.82 Å². The molecule has 1 aliphatic carbocycles. The molecule has 1 fully saturated rings. The van der Waals surface area contributed by atoms with Crippen LogP contribution in [-0.2, 0) is 0 Å². The lowest BCUT2D eigenvalue weighted by molar-refractivity contribution is -0.384. The standard InChI is InChI=1S/C17H20N4O3/c1-12-11-16(20(9-10-22)14-3-2-4-14)19-17(18-12)13-5-7-15(8-6-13)21(23)24/h5-8,11,14,22H,2-4,9-10H2,1H3. The monoisotopic (exact) mass is 328 g/mol. The summed E-state index contributed by atoms with van der Waals surface area (Å²) in [4.78, 5) is 21.6. The third kappa shape index (κ3) is 3.35. The molecule has 0 spiro atoms. The van der Waals surface area contributed by atoms with Crippen LogP contribution >= 0.6 is 0 Å². The Kier molecular flexibility index (Phi) is 4.71. The van der Waals surface area contributed by atoms with E-state index < -0.39 is 4.92 Å². The first-order valence-electron chi connectivity index (χ1n) is 8.06. The molecule has 1 N–H and O–H groups in total. The molecule has 126 valence electrons. The molecule has 7 nitrogen and oxygen atoms in total. The van der Waals surface area contributed by atoms with Crippen LogP contribution in [0.15, 0.2) is 30.3 Å². The molecule has 1 aromatic heterocycles. The first-order chi connectivity index (χ1) is 11.6. The number of rotatable bonds is 6. The second-order valence-corrected chi connectivity index (χ2v) is 6.00. The topological polar surface area (TPSA) is 92.4 Å². The number of nitro groups is 1. The maximum absolute atomic E-state index is 10.8. The smallest absolute Gasteiger partial charge is 0.269 e. The molecule has 3 rings (SSSR count). The lowest BCUT2D eigenvalue weighted by Gasteiger charge is -2.38. The van der Waals surface area contributed by atoms with Gasteiger partial charge in [-0.1, -0.05) is 0 Å². The van der Waals surface area contributed by atoms with E-state index in [1.54, 1.807) is 12.1 Å². The third-order valence-corrected chi connectivity index (χ3v) is 4.33. The molecular weight excluding hydrogens is 308 g/mol. The Labute approximate surface area is 140 Å². The van der Waals surface area contributed by atoms with Gasteiger partial charge in [-0.25, -0.2) is 9.97 Å². The van der Waals surface area contributed by atoms with Crippen LogP contribution in [-0.4, -0.2) is 39.2 Å². The van der Waals surface area contributed by atoms with Crippen LogP contribution in [0.4, 0.5) is 11.5 Å². The van der Waals surface area contributed by atoms with E-state index in [4.69, 9.17) is 0 Å². The number of benzene rings is 1. The van der Waals surface area contributed by atoms with Crippen LogP contribution in [0.1, 0.15) is 25.0 Å². The Hall–Kier alpha value is -2.54. The van der Waals surface area contributed by atoms with Gasteiger partial charge in [-0.15, -0.1) is 0 Å². The van der Waals surface area contributed by atoms with Gasteiger partial charge in [0, 0.05) is 42.0 Å². The highest BCUT2D eigenvalue weighted by molar-refractivity contribution is 5.60. The molecule has 1 saturated carbocycles. The van der Waals surface area contributed by atoms with E-state index in [1.165, 1.54) is 18.6 Å². The third-order valence-electron chi connectivity index (χ3n) is 4.33. The van der Waals surface area contributed by atoms with Crippen molar-refractivity contribution in [2.24, 2.45) is 0 Å². The molecule has 0 bridgehead atoms. The van der Waals surface area contributed by atoms with Crippen LogP contribution < -0.4 is 4.90 Å². The zero-order valence-electron chi connectivity index (χ0n) is 13.6. The van der Waals surface area contributed by atoms with Crippen LogP contribution in [0.5, 0.6) is 0 Å². The first-order valence-corrected chi connectivity index (χ1v) is 8.06. The average Bonchev–Trinajstić information content (AvgIpc) is 2.52. The van der Waals surface area contributed by atoms with Gasteiger partial charge in [-0.3, -0.25) is 10.1 Å². The van der Waals surface area contributed by atoms with Crippen LogP contribution in [0.2, 0.25) is 0 Å². The lowest BCUT2D eigenvalue weighted by atomic mass is 9.91. The summed E-state index contributed by atoms with van der Waals surface area (Å²) < 4.78 is 0. The maximum atomic E-state index is 10.8. The number of hydrogen-bond acceptors (Lipinski definition) is 6. The Morgan fingerprint density at radius 3 is 2.54 bits per heavy atom. The quantitative estimate of drug-likeness (QED) is 0.647. The van der Waals surface area contributed by atoms with E-state index >= 15 is 0 Å². The second kappa shape index (κ2) is 6.92. The van der Waals surface area contributed by atoms with Gasteiger partial charge in [0.1, 0.15) is 5.82 Å². The lowest BCUT2D eigenvalue weighted by Crippen LogP contribution is -2.42. The van der Waals surface area contributed by atoms with Gasteiger partial charge in [0.2, 0.25) is 0 Å². The van der Waals surface area contributed by atoms with E-state index in [0.717, 1.165) is 29.9 Å². The van der Waals surface area contributed by atoms with Crippen LogP contribution in [0, 0.1) is 17.0 Å². The summed E-state index contributed by atoms with van der Waals surface area (Å²) in [7, 11) is 0. The number of anilines is 1. The molecular formula is C17H20N4O3. The van der Waals surface area contributed by atoms with Crippen molar-refractivity contribution in [1.29, 1.82) is 0 Å². The molecule has 7 heteroatoms. The van der Waals surface area contributed by atoms with Gasteiger partial charge < -0.3 is 10.0 Å². The van der Waals surface area contributed by atoms with Gasteiger partial charge in [-0.2, -0.15) is 0 Å². The molecule has 0 aliphatic heterocycles. The number of aromatic nitrogens is 2. The second-order valence-electron chi connectivity index (χ2n) is 6.00. The minimum absolute atomic E-state index is 0.0444. The molecule has 0 radical (unpaired) electrons. The Balaban J connectivity index is 1.94. The van der Waals surface area contributed by atoms with Crippen molar-refractivity contribution >= 4 is 11.5 Å². The number of aliphatic hydroxyl groups is 1. The molecule has 1 aromatic carbocycles. The number of hydrogen-bond donors (Lipinski definition) is 1. The fourth-order valence-corrected chi connectivity index (χ4v) is 2.85. The summed E-state index contributed by atoms with van der Waals surface area (Å²) in [6.07, 6.45) is 3.41. The molecule has 1 aliphatic rings. The normalized spacial score (nSPS) is 14.2. The van der Waals surface area contributed by atoms with E-state index in [-0.39, 0.29) is 12.3 Å². The predicted octanol–water partition coefficient (Wildman–Crippen LogP) is 2.71. The van der Waals surface area contributed by atoms with E-state index in [1.807, 2.05) is 13.0 Å². The van der Waals surface area contributed by atoms with Crippen LogP contribution in [0.3, 0.4) is 0 Å². The molecule has 2 aromatic rings. The van der Waals surface area contributed by atoms with Crippen molar-refractivity contribution in [1.82, 2.24) is 9.97 Å². The molecule has 24 heavy (non-hydrogen) atoms. The van der Waals surface area contributed by atoms with Crippen molar-refractivity contribution in [3.63, 3.8) is 0 Å². The highest BCUT2D eigenvalue weighted by Gasteiger charge is 2.26. The van der Waals surface area contributed by atoms with E-state index in [2.05, 4.69) is 14.9 Å². The van der Waals surface area contributed by atoms with Crippen molar-refractivity contribution in [3.8, 4) is 11.4 Å². The summed E-state index contributed by atoms with van der Waals surface area (Å²) in [5.74, 6) is 1.34. The van der Waals surface area contributed by atoms with Crippen molar-refractivity contribution in [2.75, 3.05) is 18.1 Å². The Morgan fingerprint density at radius 1 is 1.29 bits per heavy atom. The molecule has 0 saturated heterocycles. The summed E-state index contributed by atoms with van der Waals surface area (Å²) in [5, 5.41) is 20.1. The summed E-state index contributed by atoms with van der Waals surface area (Å²) in [6, 6.07) is 8.57. The summed E-state index contributed by atoms with van der Waals surface area (Å²) in [5.41, 5.74) is 1.61. The van der Waals surface area contributed by atoms with Crippen LogP contribution in [0.25, 0.3) is 11.4 Å². The fraction of sp³-hybridized carbons (Fsp3) is 0.412. The van der Waals surface area contributed by atoms with Gasteiger partial charge in [0.25, 0.3) is 5.69 Å². The van der Waals surface area contributed by atoms with Gasteiger partial charge >= 0.3 is 0 Å². The number of aryl methyl sites for hydroxylation is 1. The highest BCUT2D eigenvalue weighted by Crippen LogP contribution is 2.30. The zero-order chi connectivity index (χ0) is 17.1. The van der Waals surface area contributed by atoms with Gasteiger partial charge in [-0.05, 0) is 38.3 Å². The molecule has 1 heterocycles. The minimum Gasteiger partial charge on any atom is -0.395 e. The fourth-order valence-electron chi connectivity index (χ4n) is 2.85. The highest BCUT2D eigenvalue weighted by atomic mass is 16.6. The largest absolute Gasteiger partial charge is 0.395 e. The first kappa shape index (κ1) is 16.3. The molecule has 0 unspecified atom stereocenters. The minimum atomic E-state index is -0.425. The Morgan fingerprint density at radius 2 is 2.00 bits per heavy atom. The van der Waals surface area contributed by atoms with Crippen molar-refractivity contribution in [2.45, 2.75) is 32.2 Å². The van der Waals surface area contributed by atoms with Gasteiger partial charge in [0.05, 0.1) is 11.5 Å². The maximum Gasteiger partial charge on any atom is 0.269 e. The number of nitrogens with zero attached hydrogens (tertiary/aromatic N) is 4. The average molecular weight is 328 g/mol. The van der Waals surface area contributed by atoms with Crippen molar-refractivity contribution in [3.05, 3.63) is 46.1 Å². The number of aliphatic hydroxyl groups excluding tert-OH is 1. The molecule has 0 amide bonds. The van der Waals surface area contributed by atoms with E-state index in [9.17, 15) is 15.2 Å². The predicted molar refractivity (Wildman–Crippen MR) is 90.9 cm³/mol. The summed E-state index contributed by atoms with van der Waals surface area (Å²) in [6.45, 7) is 2.52. The number of nitro benzene ring substituents is 1. The summed E-state index contributed by atoms with van der Waals surface area (Å²) >= 11 is 0.